The lowest BCUT2D eigenvalue weighted by Crippen LogP contribution is -2.34. The Labute approximate surface area is 230 Å². The van der Waals surface area contributed by atoms with E-state index in [4.69, 9.17) is 26.8 Å². The van der Waals surface area contributed by atoms with Crippen molar-refractivity contribution in [2.24, 2.45) is 5.73 Å². The van der Waals surface area contributed by atoms with Crippen molar-refractivity contribution in [1.29, 1.82) is 0 Å². The molecule has 1 aliphatic heterocycles. The molecule has 0 aliphatic carbocycles. The lowest BCUT2D eigenvalue weighted by atomic mass is 10.1. The first kappa shape index (κ1) is 27.1. The average molecular weight is 581 g/mol. The number of imidazole rings is 1. The van der Waals surface area contributed by atoms with E-state index in [2.05, 4.69) is 15.0 Å². The van der Waals surface area contributed by atoms with Gasteiger partial charge in [-0.1, -0.05) is 23.7 Å². The molecule has 1 amide bonds. The highest BCUT2D eigenvalue weighted by molar-refractivity contribution is 7.16. The zero-order chi connectivity index (χ0) is 27.7. The molecule has 0 radical (unpaired) electrons. The SMILES string of the molecule is CC(Oc1cc(-n2cnc3cc(OC(F)(F)F)ccc32)sc1C(N)=O)c1cccc(OC2CCNCC2)c1Cl. The molecular formula is C26H24ClF3N4O4S. The first-order valence-corrected chi connectivity index (χ1v) is 13.3. The van der Waals surface area contributed by atoms with Crippen molar-refractivity contribution in [3.8, 4) is 22.2 Å². The number of ether oxygens (including phenoxy) is 3. The molecule has 0 saturated carbocycles. The van der Waals surface area contributed by atoms with Gasteiger partial charge in [-0.05, 0) is 51.1 Å². The van der Waals surface area contributed by atoms with Gasteiger partial charge in [0, 0.05) is 17.7 Å². The number of fused-ring (bicyclic) bond motifs is 1. The molecule has 1 fully saturated rings. The molecule has 1 aliphatic rings. The van der Waals surface area contributed by atoms with Crippen LogP contribution >= 0.6 is 22.9 Å². The van der Waals surface area contributed by atoms with E-state index < -0.39 is 18.4 Å². The van der Waals surface area contributed by atoms with Gasteiger partial charge in [0.1, 0.15) is 45.7 Å². The van der Waals surface area contributed by atoms with Gasteiger partial charge < -0.3 is 25.3 Å². The topological polar surface area (TPSA) is 101 Å². The molecule has 3 heterocycles. The van der Waals surface area contributed by atoms with Crippen molar-refractivity contribution in [1.82, 2.24) is 14.9 Å². The minimum atomic E-state index is -4.81. The smallest absolute Gasteiger partial charge is 0.489 e. The number of primary amides is 1. The third-order valence-electron chi connectivity index (χ3n) is 6.21. The van der Waals surface area contributed by atoms with Crippen LogP contribution in [0.5, 0.6) is 17.2 Å². The van der Waals surface area contributed by atoms with Crippen molar-refractivity contribution in [2.75, 3.05) is 13.1 Å². The van der Waals surface area contributed by atoms with Crippen molar-refractivity contribution >= 4 is 39.9 Å². The standard InChI is InChI=1S/C26H24ClF3N4O4S/c1-14(17-3-2-4-20(23(17)27)37-15-7-9-32-10-8-15)36-21-12-22(39-24(21)25(31)35)34-13-33-18-11-16(5-6-19(18)34)38-26(28,29)30/h2-6,11-15,32H,7-10H2,1H3,(H2,31,35). The summed E-state index contributed by atoms with van der Waals surface area (Å²) in [6.45, 7) is 3.56. The summed E-state index contributed by atoms with van der Waals surface area (Å²) in [6, 6.07) is 10.9. The van der Waals surface area contributed by atoms with Crippen LogP contribution in [0.3, 0.4) is 0 Å². The maximum atomic E-state index is 12.6. The number of aromatic nitrogens is 2. The van der Waals surface area contributed by atoms with E-state index in [1.54, 1.807) is 17.6 Å². The van der Waals surface area contributed by atoms with Crippen LogP contribution in [0.15, 0.2) is 48.8 Å². The second kappa shape index (κ2) is 10.9. The van der Waals surface area contributed by atoms with Gasteiger partial charge in [-0.3, -0.25) is 9.36 Å². The quantitative estimate of drug-likeness (QED) is 0.265. The van der Waals surface area contributed by atoms with Crippen LogP contribution in [0.25, 0.3) is 16.0 Å². The zero-order valence-electron chi connectivity index (χ0n) is 20.6. The molecule has 5 rings (SSSR count). The summed E-state index contributed by atoms with van der Waals surface area (Å²) in [5.41, 5.74) is 7.10. The normalized spacial score (nSPS) is 15.3. The number of thiophene rings is 1. The Kier molecular flexibility index (Phi) is 7.61. The van der Waals surface area contributed by atoms with Gasteiger partial charge in [0.05, 0.1) is 16.1 Å². The van der Waals surface area contributed by atoms with Crippen LogP contribution in [-0.4, -0.2) is 41.0 Å². The lowest BCUT2D eigenvalue weighted by Gasteiger charge is -2.25. The molecule has 1 atom stereocenters. The number of hydrogen-bond acceptors (Lipinski definition) is 7. The Balaban J connectivity index is 1.40. The third kappa shape index (κ3) is 6.07. The van der Waals surface area contributed by atoms with Gasteiger partial charge in [0.25, 0.3) is 5.91 Å². The number of nitrogens with one attached hydrogen (secondary N) is 1. The zero-order valence-corrected chi connectivity index (χ0v) is 22.2. The number of nitrogens with zero attached hydrogens (tertiary/aromatic N) is 2. The summed E-state index contributed by atoms with van der Waals surface area (Å²) >= 11 is 7.76. The molecule has 1 unspecified atom stereocenters. The van der Waals surface area contributed by atoms with E-state index in [-0.39, 0.29) is 28.0 Å². The fourth-order valence-electron chi connectivity index (χ4n) is 4.38. The number of amides is 1. The summed E-state index contributed by atoms with van der Waals surface area (Å²) in [5, 5.41) is 4.26. The monoisotopic (exact) mass is 580 g/mol. The molecule has 206 valence electrons. The second-order valence-electron chi connectivity index (χ2n) is 8.94. The molecule has 0 bridgehead atoms. The van der Waals surface area contributed by atoms with Gasteiger partial charge in [-0.25, -0.2) is 4.98 Å². The number of alkyl halides is 3. The van der Waals surface area contributed by atoms with Crippen LogP contribution in [0.1, 0.15) is 41.1 Å². The molecule has 0 spiro atoms. The van der Waals surface area contributed by atoms with Crippen LogP contribution in [0.4, 0.5) is 13.2 Å². The highest BCUT2D eigenvalue weighted by Crippen LogP contribution is 2.39. The fraction of sp³-hybridized carbons (Fsp3) is 0.308. The first-order valence-electron chi connectivity index (χ1n) is 12.1. The molecule has 1 saturated heterocycles. The summed E-state index contributed by atoms with van der Waals surface area (Å²) in [7, 11) is 0. The Bertz CT molecular complexity index is 1500. The minimum Gasteiger partial charge on any atom is -0.489 e. The van der Waals surface area contributed by atoms with Crippen LogP contribution < -0.4 is 25.3 Å². The van der Waals surface area contributed by atoms with Crippen molar-refractivity contribution < 1.29 is 32.2 Å². The predicted octanol–water partition coefficient (Wildman–Crippen LogP) is 6.01. The summed E-state index contributed by atoms with van der Waals surface area (Å²) in [4.78, 5) is 16.6. The largest absolute Gasteiger partial charge is 0.573 e. The van der Waals surface area contributed by atoms with E-state index >= 15 is 0 Å². The minimum absolute atomic E-state index is 0.0669. The highest BCUT2D eigenvalue weighted by atomic mass is 35.5. The molecule has 39 heavy (non-hydrogen) atoms. The fourth-order valence-corrected chi connectivity index (χ4v) is 5.64. The molecular weight excluding hydrogens is 557 g/mol. The number of carbonyl (C=O) groups excluding carboxylic acids is 1. The van der Waals surface area contributed by atoms with E-state index in [9.17, 15) is 18.0 Å². The number of benzene rings is 2. The Hall–Kier alpha value is -3.48. The summed E-state index contributed by atoms with van der Waals surface area (Å²) in [5.74, 6) is -0.260. The lowest BCUT2D eigenvalue weighted by molar-refractivity contribution is -0.274. The van der Waals surface area contributed by atoms with Crippen LogP contribution in [0.2, 0.25) is 5.02 Å². The van der Waals surface area contributed by atoms with Gasteiger partial charge in [0.15, 0.2) is 0 Å². The van der Waals surface area contributed by atoms with Crippen LogP contribution in [-0.2, 0) is 0 Å². The predicted molar refractivity (Wildman–Crippen MR) is 141 cm³/mol. The number of rotatable bonds is 8. The third-order valence-corrected chi connectivity index (χ3v) is 7.75. The van der Waals surface area contributed by atoms with Crippen molar-refractivity contribution in [3.05, 3.63) is 64.3 Å². The van der Waals surface area contributed by atoms with Crippen molar-refractivity contribution in [2.45, 2.75) is 38.3 Å². The molecule has 13 heteroatoms. The first-order chi connectivity index (χ1) is 18.6. The summed E-state index contributed by atoms with van der Waals surface area (Å²) < 4.78 is 55.7. The molecule has 2 aromatic heterocycles. The van der Waals surface area contributed by atoms with Gasteiger partial charge in [-0.2, -0.15) is 0 Å². The van der Waals surface area contributed by atoms with E-state index in [0.717, 1.165) is 37.3 Å². The van der Waals surface area contributed by atoms with E-state index in [1.807, 2.05) is 18.2 Å². The Morgan fingerprint density at radius 1 is 1.21 bits per heavy atom. The number of hydrogen-bond donors (Lipinski definition) is 2. The molecule has 8 nitrogen and oxygen atoms in total. The maximum absolute atomic E-state index is 12.6. The average Bonchev–Trinajstić information content (AvgIpc) is 3.49. The highest BCUT2D eigenvalue weighted by Gasteiger charge is 2.31. The molecule has 2 aromatic carbocycles. The molecule has 4 aromatic rings. The molecule has 3 N–H and O–H groups in total. The van der Waals surface area contributed by atoms with Crippen molar-refractivity contribution in [3.63, 3.8) is 0 Å². The number of carbonyl (C=O) groups is 1. The number of nitrogens with two attached hydrogens (primary N) is 1. The van der Waals surface area contributed by atoms with Gasteiger partial charge >= 0.3 is 6.36 Å². The van der Waals surface area contributed by atoms with E-state index in [1.165, 1.54) is 24.5 Å². The van der Waals surface area contributed by atoms with Crippen LogP contribution in [0, 0.1) is 0 Å². The maximum Gasteiger partial charge on any atom is 0.573 e. The van der Waals surface area contributed by atoms with Gasteiger partial charge in [0.2, 0.25) is 0 Å². The van der Waals surface area contributed by atoms with E-state index in [0.29, 0.717) is 26.9 Å². The Morgan fingerprint density at radius 2 is 1.97 bits per heavy atom. The number of halogens is 4. The second-order valence-corrected chi connectivity index (χ2v) is 10.4. The summed E-state index contributed by atoms with van der Waals surface area (Å²) in [6.07, 6.45) is -2.11. The Morgan fingerprint density at radius 3 is 2.69 bits per heavy atom. The number of piperidine rings is 1. The van der Waals surface area contributed by atoms with Gasteiger partial charge in [-0.15, -0.1) is 24.5 Å².